The predicted octanol–water partition coefficient (Wildman–Crippen LogP) is 4.44. The number of methoxy groups -OCH3 is 1. The summed E-state index contributed by atoms with van der Waals surface area (Å²) >= 11 is 0. The van der Waals surface area contributed by atoms with E-state index < -0.39 is 23.5 Å². The van der Waals surface area contributed by atoms with Gasteiger partial charge in [-0.25, -0.2) is 0 Å². The lowest BCUT2D eigenvalue weighted by Gasteiger charge is -2.26. The van der Waals surface area contributed by atoms with Crippen molar-refractivity contribution in [1.82, 2.24) is 4.90 Å². The number of Topliss-reactive ketones (excluding diaryl/α,β-unsaturated/α-hetero) is 1. The fourth-order valence-corrected chi connectivity index (χ4v) is 3.88. The number of benzene rings is 2. The highest BCUT2D eigenvalue weighted by molar-refractivity contribution is 6.16. The van der Waals surface area contributed by atoms with Crippen LogP contribution in [0.5, 0.6) is 5.75 Å². The molecule has 0 saturated carbocycles. The number of carbonyl (C=O) groups is 2. The summed E-state index contributed by atoms with van der Waals surface area (Å²) in [4.78, 5) is 27.8. The zero-order valence-electron chi connectivity index (χ0n) is 18.2. The van der Waals surface area contributed by atoms with Crippen molar-refractivity contribution < 1.29 is 28.6 Å². The molecule has 0 fully saturated rings. The highest BCUT2D eigenvalue weighted by Crippen LogP contribution is 2.40. The van der Waals surface area contributed by atoms with Crippen molar-refractivity contribution in [2.24, 2.45) is 0 Å². The average Bonchev–Trinajstić information content (AvgIpc) is 3.32. The standard InChI is InChI=1S/C25H25NO6/c1-15(2)31-18-10-8-16(9-11-18)22-21(24(28)25(29)26(22)12-13-30-3)23(27)20-14-17-6-4-5-7-19(17)32-20/h4-11,14-15,22,28H,12-13H2,1-3H3. The number of aliphatic hydroxyl groups excluding tert-OH is 1. The number of rotatable bonds is 8. The third-order valence-electron chi connectivity index (χ3n) is 5.30. The molecule has 7 nitrogen and oxygen atoms in total. The van der Waals surface area contributed by atoms with Crippen molar-refractivity contribution >= 4 is 22.7 Å². The molecule has 3 aromatic rings. The maximum absolute atomic E-state index is 13.4. The molecule has 1 aliphatic heterocycles. The molecule has 0 aliphatic carbocycles. The van der Waals surface area contributed by atoms with Gasteiger partial charge in [-0.2, -0.15) is 0 Å². The van der Waals surface area contributed by atoms with Gasteiger partial charge in [0, 0.05) is 19.0 Å². The van der Waals surface area contributed by atoms with Gasteiger partial charge in [0.2, 0.25) is 5.78 Å². The summed E-state index contributed by atoms with van der Waals surface area (Å²) in [6.45, 7) is 4.34. The van der Waals surface area contributed by atoms with E-state index in [0.717, 1.165) is 5.39 Å². The molecular formula is C25H25NO6. The highest BCUT2D eigenvalue weighted by Gasteiger charge is 2.44. The van der Waals surface area contributed by atoms with Gasteiger partial charge < -0.3 is 23.9 Å². The molecule has 1 atom stereocenters. The van der Waals surface area contributed by atoms with Gasteiger partial charge in [0.1, 0.15) is 11.3 Å². The maximum Gasteiger partial charge on any atom is 0.290 e. The van der Waals surface area contributed by atoms with Gasteiger partial charge in [0.15, 0.2) is 11.5 Å². The van der Waals surface area contributed by atoms with Crippen molar-refractivity contribution in [1.29, 1.82) is 0 Å². The molecule has 2 aromatic carbocycles. The molecule has 1 aliphatic rings. The number of furan rings is 1. The molecule has 1 unspecified atom stereocenters. The molecule has 4 rings (SSSR count). The average molecular weight is 435 g/mol. The molecule has 0 spiro atoms. The van der Waals surface area contributed by atoms with E-state index in [1.165, 1.54) is 12.0 Å². The van der Waals surface area contributed by atoms with Crippen LogP contribution >= 0.6 is 0 Å². The Morgan fingerprint density at radius 2 is 1.88 bits per heavy atom. The fourth-order valence-electron chi connectivity index (χ4n) is 3.88. The molecule has 0 bridgehead atoms. The summed E-state index contributed by atoms with van der Waals surface area (Å²) in [5.41, 5.74) is 1.22. The van der Waals surface area contributed by atoms with Gasteiger partial charge in [-0.15, -0.1) is 0 Å². The van der Waals surface area contributed by atoms with Gasteiger partial charge in [-0.3, -0.25) is 9.59 Å². The van der Waals surface area contributed by atoms with Crippen LogP contribution in [-0.2, 0) is 9.53 Å². The predicted molar refractivity (Wildman–Crippen MR) is 119 cm³/mol. The first-order chi connectivity index (χ1) is 15.4. The van der Waals surface area contributed by atoms with Crippen LogP contribution in [0.2, 0.25) is 0 Å². The van der Waals surface area contributed by atoms with Gasteiger partial charge in [-0.05, 0) is 43.7 Å². The summed E-state index contributed by atoms with van der Waals surface area (Å²) in [7, 11) is 1.53. The Morgan fingerprint density at radius 3 is 2.53 bits per heavy atom. The topological polar surface area (TPSA) is 89.2 Å². The molecular weight excluding hydrogens is 410 g/mol. The molecule has 32 heavy (non-hydrogen) atoms. The van der Waals surface area contributed by atoms with E-state index in [2.05, 4.69) is 0 Å². The van der Waals surface area contributed by atoms with E-state index in [0.29, 0.717) is 16.9 Å². The lowest BCUT2D eigenvalue weighted by Crippen LogP contribution is -2.34. The van der Waals surface area contributed by atoms with Gasteiger partial charge in [0.25, 0.3) is 5.91 Å². The Morgan fingerprint density at radius 1 is 1.16 bits per heavy atom. The summed E-state index contributed by atoms with van der Waals surface area (Å²) in [5, 5.41) is 11.5. The summed E-state index contributed by atoms with van der Waals surface area (Å²) < 4.78 is 16.6. The molecule has 166 valence electrons. The number of fused-ring (bicyclic) bond motifs is 1. The lowest BCUT2D eigenvalue weighted by atomic mass is 9.95. The zero-order chi connectivity index (χ0) is 22.8. The normalized spacial score (nSPS) is 16.4. The van der Waals surface area contributed by atoms with Gasteiger partial charge in [0.05, 0.1) is 24.3 Å². The number of amides is 1. The third kappa shape index (κ3) is 3.99. The summed E-state index contributed by atoms with van der Waals surface area (Å²) in [6, 6.07) is 15.3. The lowest BCUT2D eigenvalue weighted by molar-refractivity contribution is -0.130. The van der Waals surface area contributed by atoms with Crippen LogP contribution in [-0.4, -0.2) is 48.1 Å². The van der Waals surface area contributed by atoms with E-state index in [1.54, 1.807) is 36.4 Å². The first kappa shape index (κ1) is 21.6. The Balaban J connectivity index is 1.75. The van der Waals surface area contributed by atoms with Crippen molar-refractivity contribution in [3.05, 3.63) is 77.3 Å². The maximum atomic E-state index is 13.4. The monoisotopic (exact) mass is 435 g/mol. The largest absolute Gasteiger partial charge is 0.503 e. The first-order valence-corrected chi connectivity index (χ1v) is 10.4. The number of nitrogens with zero attached hydrogens (tertiary/aromatic N) is 1. The minimum absolute atomic E-state index is 0.0114. The van der Waals surface area contributed by atoms with Crippen LogP contribution in [0.3, 0.4) is 0 Å². The molecule has 2 heterocycles. The second kappa shape index (κ2) is 8.88. The van der Waals surface area contributed by atoms with Crippen molar-refractivity contribution in [3.63, 3.8) is 0 Å². The van der Waals surface area contributed by atoms with E-state index in [4.69, 9.17) is 13.9 Å². The second-order valence-corrected chi connectivity index (χ2v) is 7.87. The number of hydrogen-bond donors (Lipinski definition) is 1. The Kier molecular flexibility index (Phi) is 6.01. The summed E-state index contributed by atoms with van der Waals surface area (Å²) in [6.07, 6.45) is 0.0151. The minimum Gasteiger partial charge on any atom is -0.503 e. The Bertz CT molecular complexity index is 1140. The number of ether oxygens (including phenoxy) is 2. The van der Waals surface area contributed by atoms with Crippen LogP contribution in [0.25, 0.3) is 11.0 Å². The highest BCUT2D eigenvalue weighted by atomic mass is 16.5. The first-order valence-electron chi connectivity index (χ1n) is 10.4. The van der Waals surface area contributed by atoms with Crippen LogP contribution in [0.15, 0.2) is 70.3 Å². The number of carbonyl (C=O) groups excluding carboxylic acids is 2. The smallest absolute Gasteiger partial charge is 0.290 e. The molecule has 7 heteroatoms. The number of para-hydroxylation sites is 1. The number of hydrogen-bond acceptors (Lipinski definition) is 6. The van der Waals surface area contributed by atoms with E-state index in [9.17, 15) is 14.7 Å². The van der Waals surface area contributed by atoms with Gasteiger partial charge in [-0.1, -0.05) is 30.3 Å². The van der Waals surface area contributed by atoms with Crippen molar-refractivity contribution in [2.45, 2.75) is 26.0 Å². The zero-order valence-corrected chi connectivity index (χ0v) is 18.2. The van der Waals surface area contributed by atoms with Crippen LogP contribution in [0.1, 0.15) is 36.0 Å². The van der Waals surface area contributed by atoms with Crippen LogP contribution in [0.4, 0.5) is 0 Å². The van der Waals surface area contributed by atoms with Gasteiger partial charge >= 0.3 is 0 Å². The Hall–Kier alpha value is -3.58. The fraction of sp³-hybridized carbons (Fsp3) is 0.280. The van der Waals surface area contributed by atoms with Crippen LogP contribution in [0, 0.1) is 0 Å². The molecule has 1 N–H and O–H groups in total. The number of aliphatic hydroxyl groups is 1. The second-order valence-electron chi connectivity index (χ2n) is 7.87. The van der Waals surface area contributed by atoms with Crippen LogP contribution < -0.4 is 4.74 Å². The van der Waals surface area contributed by atoms with E-state index >= 15 is 0 Å². The Labute approximate surface area is 185 Å². The molecule has 0 saturated heterocycles. The van der Waals surface area contributed by atoms with E-state index in [1.807, 2.05) is 32.0 Å². The molecule has 1 aromatic heterocycles. The third-order valence-corrected chi connectivity index (χ3v) is 5.30. The van der Waals surface area contributed by atoms with E-state index in [-0.39, 0.29) is 30.6 Å². The molecule has 0 radical (unpaired) electrons. The quantitative estimate of drug-likeness (QED) is 0.526. The van der Waals surface area contributed by atoms with Crippen molar-refractivity contribution in [3.8, 4) is 5.75 Å². The van der Waals surface area contributed by atoms with Crippen molar-refractivity contribution in [2.75, 3.05) is 20.3 Å². The molecule has 1 amide bonds. The number of ketones is 1. The minimum atomic E-state index is -0.772. The SMILES string of the molecule is COCCN1C(=O)C(O)=C(C(=O)c2cc3ccccc3o2)C1c1ccc(OC(C)C)cc1. The summed E-state index contributed by atoms with van der Waals surface area (Å²) in [5.74, 6) is -0.971.